The Balaban J connectivity index is 1.57. The smallest absolute Gasteiger partial charge is 0.308 e. The highest BCUT2D eigenvalue weighted by Gasteiger charge is 2.40. The van der Waals surface area contributed by atoms with Gasteiger partial charge in [0.2, 0.25) is 5.91 Å². The molecule has 2 unspecified atom stereocenters. The number of nitrogens with one attached hydrogen (secondary N) is 1. The molecule has 2 N–H and O–H groups in total. The normalized spacial score (nSPS) is 24.1. The first-order valence-electron chi connectivity index (χ1n) is 7.68. The molecular formula is C16H19N3O3S. The maximum Gasteiger partial charge on any atom is 0.308 e. The molecule has 122 valence electrons. The first-order valence-corrected chi connectivity index (χ1v) is 8.08. The molecule has 2 heterocycles. The highest BCUT2D eigenvalue weighted by molar-refractivity contribution is 7.80. The van der Waals surface area contributed by atoms with Crippen molar-refractivity contribution in [2.24, 2.45) is 5.92 Å². The molecule has 0 aliphatic carbocycles. The molecule has 0 spiro atoms. The van der Waals surface area contributed by atoms with Crippen molar-refractivity contribution < 1.29 is 14.7 Å². The van der Waals surface area contributed by atoms with Crippen molar-refractivity contribution >= 4 is 34.9 Å². The van der Waals surface area contributed by atoms with Crippen molar-refractivity contribution in [1.29, 1.82) is 0 Å². The third kappa shape index (κ3) is 3.44. The van der Waals surface area contributed by atoms with E-state index in [4.69, 9.17) is 17.3 Å². The summed E-state index contributed by atoms with van der Waals surface area (Å²) in [6, 6.07) is 9.75. The minimum Gasteiger partial charge on any atom is -0.481 e. The van der Waals surface area contributed by atoms with Crippen molar-refractivity contribution in [2.45, 2.75) is 18.9 Å². The van der Waals surface area contributed by atoms with Gasteiger partial charge in [0.15, 0.2) is 5.11 Å². The molecule has 1 amide bonds. The third-order valence-corrected chi connectivity index (χ3v) is 4.78. The molecule has 0 saturated carbocycles. The number of anilines is 1. The molecule has 1 aromatic rings. The van der Waals surface area contributed by atoms with Crippen molar-refractivity contribution in [2.75, 3.05) is 25.0 Å². The van der Waals surface area contributed by atoms with Crippen LogP contribution in [-0.4, -0.2) is 57.6 Å². The van der Waals surface area contributed by atoms with Crippen molar-refractivity contribution in [3.05, 3.63) is 30.3 Å². The van der Waals surface area contributed by atoms with Crippen LogP contribution in [0.15, 0.2) is 30.3 Å². The molecule has 2 aliphatic rings. The Kier molecular flexibility index (Phi) is 4.47. The van der Waals surface area contributed by atoms with Crippen LogP contribution in [0, 0.1) is 5.92 Å². The number of carbonyl (C=O) groups is 2. The number of likely N-dealkylation sites (tertiary alicyclic amines) is 2. The van der Waals surface area contributed by atoms with Gasteiger partial charge in [-0.2, -0.15) is 0 Å². The number of hydrogen-bond donors (Lipinski definition) is 2. The standard InChI is InChI=1S/C16H19N3O3S/c20-14-8-11(15(21)22)9-19(14)13-6-7-18(10-13)16(23)17-12-4-2-1-3-5-12/h1-5,11,13H,6-10H2,(H,17,23)(H,21,22). The fourth-order valence-electron chi connectivity index (χ4n) is 3.15. The van der Waals surface area contributed by atoms with E-state index in [1.54, 1.807) is 4.90 Å². The molecule has 0 bridgehead atoms. The zero-order chi connectivity index (χ0) is 16.4. The van der Waals surface area contributed by atoms with Crippen LogP contribution < -0.4 is 5.32 Å². The van der Waals surface area contributed by atoms with Gasteiger partial charge in [0.25, 0.3) is 0 Å². The molecule has 7 heteroatoms. The second-order valence-electron chi connectivity index (χ2n) is 5.97. The lowest BCUT2D eigenvalue weighted by Gasteiger charge is -2.25. The van der Waals surface area contributed by atoms with Crippen LogP contribution in [0.2, 0.25) is 0 Å². The molecule has 3 rings (SSSR count). The molecule has 2 atom stereocenters. The quantitative estimate of drug-likeness (QED) is 0.815. The van der Waals surface area contributed by atoms with Crippen LogP contribution >= 0.6 is 12.2 Å². The second kappa shape index (κ2) is 6.54. The average Bonchev–Trinajstić information content (AvgIpc) is 3.14. The molecule has 2 aliphatic heterocycles. The second-order valence-corrected chi connectivity index (χ2v) is 6.36. The Morgan fingerprint density at radius 3 is 2.65 bits per heavy atom. The predicted molar refractivity (Wildman–Crippen MR) is 90.1 cm³/mol. The topological polar surface area (TPSA) is 72.9 Å². The van der Waals surface area contributed by atoms with Gasteiger partial charge in [-0.25, -0.2) is 0 Å². The number of hydrogen-bond acceptors (Lipinski definition) is 3. The first-order chi connectivity index (χ1) is 11.0. The van der Waals surface area contributed by atoms with Crippen molar-refractivity contribution in [1.82, 2.24) is 9.80 Å². The van der Waals surface area contributed by atoms with Gasteiger partial charge in [-0.15, -0.1) is 0 Å². The summed E-state index contributed by atoms with van der Waals surface area (Å²) in [6.07, 6.45) is 0.924. The highest BCUT2D eigenvalue weighted by Crippen LogP contribution is 2.25. The van der Waals surface area contributed by atoms with E-state index in [1.807, 2.05) is 35.2 Å². The van der Waals surface area contributed by atoms with Gasteiger partial charge in [0, 0.05) is 31.7 Å². The van der Waals surface area contributed by atoms with Crippen LogP contribution in [-0.2, 0) is 9.59 Å². The van der Waals surface area contributed by atoms with Crippen LogP contribution in [0.4, 0.5) is 5.69 Å². The maximum atomic E-state index is 12.0. The molecule has 6 nitrogen and oxygen atoms in total. The molecule has 2 saturated heterocycles. The molecule has 1 aromatic carbocycles. The summed E-state index contributed by atoms with van der Waals surface area (Å²) < 4.78 is 0. The number of benzene rings is 1. The number of nitrogens with zero attached hydrogens (tertiary/aromatic N) is 2. The Morgan fingerprint density at radius 1 is 1.26 bits per heavy atom. The fraction of sp³-hybridized carbons (Fsp3) is 0.438. The number of thiocarbonyl (C=S) groups is 1. The largest absolute Gasteiger partial charge is 0.481 e. The number of amides is 1. The summed E-state index contributed by atoms with van der Waals surface area (Å²) in [5, 5.41) is 12.9. The number of carboxylic acids is 1. The number of carboxylic acid groups (broad SMARTS) is 1. The lowest BCUT2D eigenvalue weighted by molar-refractivity contribution is -0.141. The summed E-state index contributed by atoms with van der Waals surface area (Å²) >= 11 is 5.43. The van der Waals surface area contributed by atoms with E-state index in [0.29, 0.717) is 18.2 Å². The number of carbonyl (C=O) groups excluding carboxylic acids is 1. The lowest BCUT2D eigenvalue weighted by Crippen LogP contribution is -2.41. The van der Waals surface area contributed by atoms with Crippen LogP contribution in [0.5, 0.6) is 0 Å². The van der Waals surface area contributed by atoms with Gasteiger partial charge in [-0.1, -0.05) is 18.2 Å². The molecule has 0 radical (unpaired) electrons. The average molecular weight is 333 g/mol. The maximum absolute atomic E-state index is 12.0. The van der Waals surface area contributed by atoms with Crippen LogP contribution in [0.25, 0.3) is 0 Å². The zero-order valence-corrected chi connectivity index (χ0v) is 13.5. The molecule has 2 fully saturated rings. The monoisotopic (exact) mass is 333 g/mol. The van der Waals surface area contributed by atoms with Crippen molar-refractivity contribution in [3.8, 4) is 0 Å². The number of aliphatic carboxylic acids is 1. The highest BCUT2D eigenvalue weighted by atomic mass is 32.1. The SMILES string of the molecule is O=C(O)C1CC(=O)N(C2CCN(C(=S)Nc3ccccc3)C2)C1. The zero-order valence-electron chi connectivity index (χ0n) is 12.6. The molecule has 0 aromatic heterocycles. The van der Waals surface area contributed by atoms with Gasteiger partial charge >= 0.3 is 5.97 Å². The summed E-state index contributed by atoms with van der Waals surface area (Å²) in [7, 11) is 0. The van der Waals surface area contributed by atoms with Gasteiger partial charge in [0.05, 0.1) is 12.0 Å². The fourth-order valence-corrected chi connectivity index (χ4v) is 3.44. The van der Waals surface area contributed by atoms with E-state index in [2.05, 4.69) is 5.32 Å². The summed E-state index contributed by atoms with van der Waals surface area (Å²) in [5.41, 5.74) is 0.934. The summed E-state index contributed by atoms with van der Waals surface area (Å²) in [5.74, 6) is -1.53. The number of para-hydroxylation sites is 1. The van der Waals surface area contributed by atoms with E-state index >= 15 is 0 Å². The van der Waals surface area contributed by atoms with E-state index in [9.17, 15) is 9.59 Å². The minimum absolute atomic E-state index is 0.0439. The summed E-state index contributed by atoms with van der Waals surface area (Å²) in [4.78, 5) is 26.9. The Bertz CT molecular complexity index is 622. The van der Waals surface area contributed by atoms with Gasteiger partial charge in [0.1, 0.15) is 0 Å². The van der Waals surface area contributed by atoms with Crippen LogP contribution in [0.3, 0.4) is 0 Å². The van der Waals surface area contributed by atoms with E-state index in [0.717, 1.165) is 18.7 Å². The first kappa shape index (κ1) is 15.7. The van der Waals surface area contributed by atoms with Gasteiger partial charge in [-0.3, -0.25) is 9.59 Å². The third-order valence-electron chi connectivity index (χ3n) is 4.42. The molecular weight excluding hydrogens is 314 g/mol. The van der Waals surface area contributed by atoms with Crippen molar-refractivity contribution in [3.63, 3.8) is 0 Å². The molecule has 23 heavy (non-hydrogen) atoms. The lowest BCUT2D eigenvalue weighted by atomic mass is 10.1. The van der Waals surface area contributed by atoms with E-state index in [1.165, 1.54) is 0 Å². The Morgan fingerprint density at radius 2 is 2.00 bits per heavy atom. The Labute approximate surface area is 140 Å². The summed E-state index contributed by atoms with van der Waals surface area (Å²) in [6.45, 7) is 1.73. The minimum atomic E-state index is -0.892. The van der Waals surface area contributed by atoms with E-state index < -0.39 is 11.9 Å². The van der Waals surface area contributed by atoms with Crippen LogP contribution in [0.1, 0.15) is 12.8 Å². The van der Waals surface area contributed by atoms with Gasteiger partial charge < -0.3 is 20.2 Å². The Hall–Kier alpha value is -2.15. The number of rotatable bonds is 3. The predicted octanol–water partition coefficient (Wildman–Crippen LogP) is 1.39. The van der Waals surface area contributed by atoms with Gasteiger partial charge in [-0.05, 0) is 30.8 Å². The van der Waals surface area contributed by atoms with E-state index in [-0.39, 0.29) is 18.4 Å².